The van der Waals surface area contributed by atoms with Crippen LogP contribution in [0, 0.1) is 11.3 Å². The highest BCUT2D eigenvalue weighted by atomic mass is 14.9. The highest BCUT2D eigenvalue weighted by molar-refractivity contribution is 6.07. The lowest BCUT2D eigenvalue weighted by molar-refractivity contribution is 0.819. The molecule has 1 unspecified atom stereocenters. The maximum absolute atomic E-state index is 9.20. The van der Waals surface area contributed by atoms with Gasteiger partial charge in [-0.1, -0.05) is 13.0 Å². The van der Waals surface area contributed by atoms with Gasteiger partial charge in [-0.05, 0) is 30.2 Å². The third-order valence-corrected chi connectivity index (χ3v) is 3.80. The van der Waals surface area contributed by atoms with Crippen molar-refractivity contribution in [1.82, 2.24) is 9.55 Å². The minimum absolute atomic E-state index is 0.0312. The largest absolute Gasteiger partial charge is 0.344 e. The second-order valence-corrected chi connectivity index (χ2v) is 4.82. The molecule has 1 aromatic carbocycles. The Morgan fingerprint density at radius 3 is 2.79 bits per heavy atom. The van der Waals surface area contributed by atoms with Crippen LogP contribution in [0.3, 0.4) is 0 Å². The van der Waals surface area contributed by atoms with E-state index in [0.717, 1.165) is 17.4 Å². The lowest BCUT2D eigenvalue weighted by Crippen LogP contribution is -1.93. The SMILES string of the molecule is CCC(C#N)c1ccc2c(c1)c1cnccc1n2C. The Hall–Kier alpha value is -2.34. The van der Waals surface area contributed by atoms with Gasteiger partial charge in [0, 0.05) is 35.7 Å². The van der Waals surface area contributed by atoms with Crippen molar-refractivity contribution < 1.29 is 0 Å². The fraction of sp³-hybridized carbons (Fsp3) is 0.250. The molecule has 2 aromatic heterocycles. The maximum Gasteiger partial charge on any atom is 0.0710 e. The predicted octanol–water partition coefficient (Wildman–Crippen LogP) is 3.74. The van der Waals surface area contributed by atoms with Crippen LogP contribution in [0.1, 0.15) is 24.8 Å². The molecule has 2 heterocycles. The van der Waals surface area contributed by atoms with Crippen molar-refractivity contribution in [3.8, 4) is 6.07 Å². The summed E-state index contributed by atoms with van der Waals surface area (Å²) in [6.07, 6.45) is 4.55. The topological polar surface area (TPSA) is 41.6 Å². The monoisotopic (exact) mass is 249 g/mol. The van der Waals surface area contributed by atoms with E-state index in [0.29, 0.717) is 0 Å². The van der Waals surface area contributed by atoms with Gasteiger partial charge < -0.3 is 4.57 Å². The molecule has 0 spiro atoms. The summed E-state index contributed by atoms with van der Waals surface area (Å²) in [6.45, 7) is 2.04. The number of nitrogens with zero attached hydrogens (tertiary/aromatic N) is 3. The van der Waals surface area contributed by atoms with Gasteiger partial charge in [-0.2, -0.15) is 5.26 Å². The lowest BCUT2D eigenvalue weighted by atomic mass is 9.96. The van der Waals surface area contributed by atoms with E-state index >= 15 is 0 Å². The van der Waals surface area contributed by atoms with Crippen molar-refractivity contribution >= 4 is 21.8 Å². The minimum atomic E-state index is -0.0312. The Labute approximate surface area is 112 Å². The molecule has 0 saturated carbocycles. The third kappa shape index (κ3) is 1.68. The molecule has 0 N–H and O–H groups in total. The van der Waals surface area contributed by atoms with Gasteiger partial charge in [0.1, 0.15) is 0 Å². The smallest absolute Gasteiger partial charge is 0.0710 e. The lowest BCUT2D eigenvalue weighted by Gasteiger charge is -2.06. The highest BCUT2D eigenvalue weighted by Gasteiger charge is 2.12. The number of nitriles is 1. The van der Waals surface area contributed by atoms with Crippen molar-refractivity contribution in [2.75, 3.05) is 0 Å². The summed E-state index contributed by atoms with van der Waals surface area (Å²) in [7, 11) is 2.06. The number of pyridine rings is 1. The maximum atomic E-state index is 9.20. The van der Waals surface area contributed by atoms with E-state index < -0.39 is 0 Å². The summed E-state index contributed by atoms with van der Waals surface area (Å²) in [5, 5.41) is 11.5. The molecule has 0 amide bonds. The van der Waals surface area contributed by atoms with Gasteiger partial charge in [0.25, 0.3) is 0 Å². The number of hydrogen-bond acceptors (Lipinski definition) is 2. The van der Waals surface area contributed by atoms with Crippen molar-refractivity contribution in [3.05, 3.63) is 42.2 Å². The third-order valence-electron chi connectivity index (χ3n) is 3.80. The summed E-state index contributed by atoms with van der Waals surface area (Å²) < 4.78 is 2.17. The average molecular weight is 249 g/mol. The zero-order valence-corrected chi connectivity index (χ0v) is 11.1. The van der Waals surface area contributed by atoms with Crippen LogP contribution >= 0.6 is 0 Å². The number of hydrogen-bond donors (Lipinski definition) is 0. The molecule has 0 fully saturated rings. The first-order valence-electron chi connectivity index (χ1n) is 6.48. The van der Waals surface area contributed by atoms with E-state index in [4.69, 9.17) is 0 Å². The van der Waals surface area contributed by atoms with Crippen LogP contribution in [0.5, 0.6) is 0 Å². The molecule has 3 aromatic rings. The minimum Gasteiger partial charge on any atom is -0.344 e. The first-order chi connectivity index (χ1) is 9.26. The van der Waals surface area contributed by atoms with E-state index in [1.165, 1.54) is 16.4 Å². The van der Waals surface area contributed by atoms with Gasteiger partial charge in [0.2, 0.25) is 0 Å². The van der Waals surface area contributed by atoms with E-state index in [-0.39, 0.29) is 5.92 Å². The van der Waals surface area contributed by atoms with Crippen molar-refractivity contribution in [2.24, 2.45) is 7.05 Å². The summed E-state index contributed by atoms with van der Waals surface area (Å²) in [6, 6.07) is 10.7. The van der Waals surface area contributed by atoms with E-state index in [1.54, 1.807) is 0 Å². The molecular weight excluding hydrogens is 234 g/mol. The second-order valence-electron chi connectivity index (χ2n) is 4.82. The van der Waals surface area contributed by atoms with Crippen molar-refractivity contribution in [2.45, 2.75) is 19.3 Å². The number of aryl methyl sites for hydroxylation is 1. The van der Waals surface area contributed by atoms with Gasteiger partial charge in [0.15, 0.2) is 0 Å². The fourth-order valence-corrected chi connectivity index (χ4v) is 2.70. The van der Waals surface area contributed by atoms with E-state index in [1.807, 2.05) is 25.4 Å². The van der Waals surface area contributed by atoms with Crippen molar-refractivity contribution in [1.29, 1.82) is 5.26 Å². The quantitative estimate of drug-likeness (QED) is 0.694. The molecule has 3 heteroatoms. The fourth-order valence-electron chi connectivity index (χ4n) is 2.70. The Bertz CT molecular complexity index is 793. The molecule has 19 heavy (non-hydrogen) atoms. The summed E-state index contributed by atoms with van der Waals surface area (Å²) in [5.41, 5.74) is 3.44. The first kappa shape index (κ1) is 11.7. The molecule has 94 valence electrons. The van der Waals surface area contributed by atoms with E-state index in [2.05, 4.69) is 40.9 Å². The second kappa shape index (κ2) is 4.40. The molecule has 0 aliphatic carbocycles. The molecular formula is C16H15N3. The molecule has 3 nitrogen and oxygen atoms in total. The van der Waals surface area contributed by atoms with Gasteiger partial charge >= 0.3 is 0 Å². The standard InChI is InChI=1S/C16H15N3/c1-3-11(9-17)12-4-5-15-13(8-12)14-10-18-7-6-16(14)19(15)2/h4-8,10-11H,3H2,1-2H3. The number of aromatic nitrogens is 2. The Balaban J connectivity index is 2.34. The van der Waals surface area contributed by atoms with Crippen LogP contribution in [0.4, 0.5) is 0 Å². The van der Waals surface area contributed by atoms with Gasteiger partial charge in [0.05, 0.1) is 17.5 Å². The number of rotatable bonds is 2. The summed E-state index contributed by atoms with van der Waals surface area (Å²) in [5.74, 6) is -0.0312. The predicted molar refractivity (Wildman–Crippen MR) is 76.9 cm³/mol. The van der Waals surface area contributed by atoms with Gasteiger partial charge in [-0.15, -0.1) is 0 Å². The van der Waals surface area contributed by atoms with E-state index in [9.17, 15) is 5.26 Å². The highest BCUT2D eigenvalue weighted by Crippen LogP contribution is 2.30. The van der Waals surface area contributed by atoms with Gasteiger partial charge in [-0.25, -0.2) is 0 Å². The average Bonchev–Trinajstić information content (AvgIpc) is 2.74. The molecule has 0 radical (unpaired) electrons. The number of fused-ring (bicyclic) bond motifs is 3. The summed E-state index contributed by atoms with van der Waals surface area (Å²) in [4.78, 5) is 4.21. The molecule has 3 rings (SSSR count). The van der Waals surface area contributed by atoms with Crippen molar-refractivity contribution in [3.63, 3.8) is 0 Å². The van der Waals surface area contributed by atoms with Crippen LogP contribution in [-0.2, 0) is 7.05 Å². The zero-order valence-electron chi connectivity index (χ0n) is 11.1. The normalized spacial score (nSPS) is 12.7. The van der Waals surface area contributed by atoms with Crippen LogP contribution in [0.25, 0.3) is 21.8 Å². The van der Waals surface area contributed by atoms with Crippen LogP contribution in [0.15, 0.2) is 36.7 Å². The summed E-state index contributed by atoms with van der Waals surface area (Å²) >= 11 is 0. The zero-order chi connectivity index (χ0) is 13.4. The first-order valence-corrected chi connectivity index (χ1v) is 6.48. The number of benzene rings is 1. The molecule has 0 aliphatic rings. The Morgan fingerprint density at radius 2 is 2.05 bits per heavy atom. The molecule has 0 saturated heterocycles. The van der Waals surface area contributed by atoms with Crippen LogP contribution in [-0.4, -0.2) is 9.55 Å². The Kier molecular flexibility index (Phi) is 2.72. The Morgan fingerprint density at radius 1 is 1.26 bits per heavy atom. The molecule has 1 atom stereocenters. The van der Waals surface area contributed by atoms with Crippen LogP contribution < -0.4 is 0 Å². The molecule has 0 bridgehead atoms. The van der Waals surface area contributed by atoms with Gasteiger partial charge in [-0.3, -0.25) is 4.98 Å². The molecule has 0 aliphatic heterocycles. The van der Waals surface area contributed by atoms with Crippen LogP contribution in [0.2, 0.25) is 0 Å².